The van der Waals surface area contributed by atoms with Crippen LogP contribution in [-0.4, -0.2) is 45.3 Å². The highest BCUT2D eigenvalue weighted by Crippen LogP contribution is 2.29. The Labute approximate surface area is 166 Å². The van der Waals surface area contributed by atoms with Crippen LogP contribution in [0.4, 0.5) is 5.82 Å². The molecule has 6 nitrogen and oxygen atoms in total. The Morgan fingerprint density at radius 1 is 1.11 bits per heavy atom. The number of rotatable bonds is 4. The first-order valence-corrected chi connectivity index (χ1v) is 9.75. The van der Waals surface area contributed by atoms with Crippen LogP contribution in [0.1, 0.15) is 27.9 Å². The van der Waals surface area contributed by atoms with Gasteiger partial charge in [-0.25, -0.2) is 9.97 Å². The van der Waals surface area contributed by atoms with Crippen molar-refractivity contribution in [1.82, 2.24) is 24.6 Å². The largest absolute Gasteiger partial charge is 0.362 e. The summed E-state index contributed by atoms with van der Waals surface area (Å²) in [5, 5.41) is 4.27. The highest BCUT2D eigenvalue weighted by molar-refractivity contribution is 5.59. The van der Waals surface area contributed by atoms with E-state index in [4.69, 9.17) is 9.97 Å². The lowest BCUT2D eigenvalue weighted by molar-refractivity contribution is 0.243. The van der Waals surface area contributed by atoms with Gasteiger partial charge in [-0.05, 0) is 30.5 Å². The van der Waals surface area contributed by atoms with E-state index in [1.165, 1.54) is 22.3 Å². The molecule has 1 aliphatic rings. The highest BCUT2D eigenvalue weighted by atomic mass is 15.2. The van der Waals surface area contributed by atoms with E-state index in [9.17, 15) is 0 Å². The van der Waals surface area contributed by atoms with Gasteiger partial charge in [0, 0.05) is 59.0 Å². The molecule has 0 unspecified atom stereocenters. The van der Waals surface area contributed by atoms with Crippen molar-refractivity contribution in [2.75, 3.05) is 25.5 Å². The smallest absolute Gasteiger partial charge is 0.164 e. The Morgan fingerprint density at radius 2 is 1.93 bits per heavy atom. The molecule has 0 saturated carbocycles. The summed E-state index contributed by atoms with van der Waals surface area (Å²) in [5.41, 5.74) is 7.44. The lowest BCUT2D eigenvalue weighted by atomic mass is 10.0. The average Bonchev–Trinajstić information content (AvgIpc) is 3.10. The number of hydrogen-bond acceptors (Lipinski definition) is 5. The summed E-state index contributed by atoms with van der Waals surface area (Å²) in [6.45, 7) is 7.19. The molecule has 146 valence electrons. The normalized spacial score (nSPS) is 14.2. The SMILES string of the molecule is Cc1ccc(CN2CCc3nc(-c4cnn(C)c4)nc(N(C)C)c3C2)cc1C. The third kappa shape index (κ3) is 3.64. The molecule has 1 aliphatic heterocycles. The van der Waals surface area contributed by atoms with Gasteiger partial charge >= 0.3 is 0 Å². The summed E-state index contributed by atoms with van der Waals surface area (Å²) in [6, 6.07) is 6.77. The number of aromatic nitrogens is 4. The van der Waals surface area contributed by atoms with Crippen LogP contribution in [0.15, 0.2) is 30.6 Å². The molecule has 0 saturated heterocycles. The summed E-state index contributed by atoms with van der Waals surface area (Å²) in [6.07, 6.45) is 4.74. The molecule has 4 rings (SSSR count). The summed E-state index contributed by atoms with van der Waals surface area (Å²) in [5.74, 6) is 1.77. The molecular weight excluding hydrogens is 348 g/mol. The van der Waals surface area contributed by atoms with E-state index in [1.54, 1.807) is 4.68 Å². The first kappa shape index (κ1) is 18.6. The highest BCUT2D eigenvalue weighted by Gasteiger charge is 2.24. The van der Waals surface area contributed by atoms with Crippen molar-refractivity contribution in [1.29, 1.82) is 0 Å². The molecule has 3 aromatic rings. The quantitative estimate of drug-likeness (QED) is 0.700. The van der Waals surface area contributed by atoms with E-state index in [-0.39, 0.29) is 0 Å². The average molecular weight is 377 g/mol. The topological polar surface area (TPSA) is 50.1 Å². The van der Waals surface area contributed by atoms with Crippen molar-refractivity contribution < 1.29 is 0 Å². The van der Waals surface area contributed by atoms with Crippen molar-refractivity contribution in [2.45, 2.75) is 33.4 Å². The number of anilines is 1. The van der Waals surface area contributed by atoms with Gasteiger partial charge in [0.25, 0.3) is 0 Å². The van der Waals surface area contributed by atoms with Crippen molar-refractivity contribution >= 4 is 5.82 Å². The molecule has 0 bridgehead atoms. The zero-order valence-corrected chi connectivity index (χ0v) is 17.4. The van der Waals surface area contributed by atoms with Crippen molar-refractivity contribution in [3.63, 3.8) is 0 Å². The minimum Gasteiger partial charge on any atom is -0.362 e. The Kier molecular flexibility index (Phi) is 4.89. The van der Waals surface area contributed by atoms with E-state index in [0.717, 1.165) is 49.0 Å². The van der Waals surface area contributed by atoms with Crippen molar-refractivity contribution in [3.05, 3.63) is 58.5 Å². The Hall–Kier alpha value is -2.73. The molecule has 6 heteroatoms. The molecule has 28 heavy (non-hydrogen) atoms. The van der Waals surface area contributed by atoms with E-state index >= 15 is 0 Å². The number of hydrogen-bond donors (Lipinski definition) is 0. The van der Waals surface area contributed by atoms with Crippen LogP contribution in [-0.2, 0) is 26.6 Å². The van der Waals surface area contributed by atoms with Crippen LogP contribution in [0.5, 0.6) is 0 Å². The number of benzene rings is 1. The Morgan fingerprint density at radius 3 is 2.61 bits per heavy atom. The first-order chi connectivity index (χ1) is 13.4. The molecular formula is C22H28N6. The van der Waals surface area contributed by atoms with Gasteiger partial charge in [0.15, 0.2) is 5.82 Å². The second-order valence-corrected chi connectivity index (χ2v) is 7.97. The lowest BCUT2D eigenvalue weighted by Gasteiger charge is -2.31. The van der Waals surface area contributed by atoms with Gasteiger partial charge < -0.3 is 4.90 Å². The fourth-order valence-corrected chi connectivity index (χ4v) is 3.78. The number of nitrogens with zero attached hydrogens (tertiary/aromatic N) is 6. The maximum absolute atomic E-state index is 4.89. The zero-order chi connectivity index (χ0) is 19.8. The van der Waals surface area contributed by atoms with Gasteiger partial charge in [-0.1, -0.05) is 18.2 Å². The van der Waals surface area contributed by atoms with Crippen LogP contribution in [0.25, 0.3) is 11.4 Å². The molecule has 1 aromatic carbocycles. The van der Waals surface area contributed by atoms with Crippen LogP contribution in [0.2, 0.25) is 0 Å². The molecule has 3 heterocycles. The molecule has 0 fully saturated rings. The Bertz CT molecular complexity index is 1000. The summed E-state index contributed by atoms with van der Waals surface area (Å²) in [7, 11) is 6.02. The molecule has 0 aliphatic carbocycles. The molecule has 0 amide bonds. The minimum absolute atomic E-state index is 0.762. The van der Waals surface area contributed by atoms with Gasteiger partial charge in [0.05, 0.1) is 17.5 Å². The fourth-order valence-electron chi connectivity index (χ4n) is 3.78. The molecule has 0 N–H and O–H groups in total. The predicted molar refractivity (Wildman–Crippen MR) is 112 cm³/mol. The van der Waals surface area contributed by atoms with Gasteiger partial charge in [0.1, 0.15) is 5.82 Å². The molecule has 0 atom stereocenters. The minimum atomic E-state index is 0.762. The van der Waals surface area contributed by atoms with Crippen LogP contribution < -0.4 is 4.90 Å². The summed E-state index contributed by atoms with van der Waals surface area (Å²) in [4.78, 5) is 14.4. The van der Waals surface area contributed by atoms with Gasteiger partial charge in [-0.15, -0.1) is 0 Å². The fraction of sp³-hybridized carbons (Fsp3) is 0.409. The molecule has 2 aromatic heterocycles. The van der Waals surface area contributed by atoms with Gasteiger partial charge in [-0.2, -0.15) is 5.10 Å². The van der Waals surface area contributed by atoms with Crippen LogP contribution in [0.3, 0.4) is 0 Å². The van der Waals surface area contributed by atoms with E-state index in [1.807, 2.05) is 19.4 Å². The van der Waals surface area contributed by atoms with E-state index < -0.39 is 0 Å². The van der Waals surface area contributed by atoms with Crippen LogP contribution >= 0.6 is 0 Å². The lowest BCUT2D eigenvalue weighted by Crippen LogP contribution is -2.32. The predicted octanol–water partition coefficient (Wildman–Crippen LogP) is 3.12. The third-order valence-corrected chi connectivity index (χ3v) is 5.48. The van der Waals surface area contributed by atoms with E-state index in [2.05, 4.69) is 61.0 Å². The third-order valence-electron chi connectivity index (χ3n) is 5.48. The maximum Gasteiger partial charge on any atom is 0.164 e. The standard InChI is InChI=1S/C22H28N6/c1-15-6-7-17(10-16(15)2)12-28-9-8-20-19(14-28)22(26(3)4)25-21(24-20)18-11-23-27(5)13-18/h6-7,10-11,13H,8-9,12,14H2,1-5H3. The maximum atomic E-state index is 4.89. The molecule has 0 radical (unpaired) electrons. The van der Waals surface area contributed by atoms with E-state index in [0.29, 0.717) is 0 Å². The summed E-state index contributed by atoms with van der Waals surface area (Å²) >= 11 is 0. The van der Waals surface area contributed by atoms with Gasteiger partial charge in [-0.3, -0.25) is 9.58 Å². The second kappa shape index (κ2) is 7.36. The monoisotopic (exact) mass is 376 g/mol. The number of aryl methyl sites for hydroxylation is 3. The first-order valence-electron chi connectivity index (χ1n) is 9.75. The molecule has 0 spiro atoms. The second-order valence-electron chi connectivity index (χ2n) is 7.97. The van der Waals surface area contributed by atoms with Crippen LogP contribution in [0, 0.1) is 13.8 Å². The summed E-state index contributed by atoms with van der Waals surface area (Å²) < 4.78 is 1.79. The van der Waals surface area contributed by atoms with Crippen molar-refractivity contribution in [2.24, 2.45) is 7.05 Å². The van der Waals surface area contributed by atoms with Crippen molar-refractivity contribution in [3.8, 4) is 11.4 Å². The Balaban J connectivity index is 1.63. The van der Waals surface area contributed by atoms with Gasteiger partial charge in [0.2, 0.25) is 0 Å². The number of fused-ring (bicyclic) bond motifs is 1. The zero-order valence-electron chi connectivity index (χ0n) is 17.4.